The van der Waals surface area contributed by atoms with Crippen LogP contribution >= 0.6 is 0 Å². The summed E-state index contributed by atoms with van der Waals surface area (Å²) in [5.74, 6) is -0.266. The summed E-state index contributed by atoms with van der Waals surface area (Å²) in [7, 11) is 0. The molecule has 0 radical (unpaired) electrons. The Bertz CT molecular complexity index is 687. The van der Waals surface area contributed by atoms with Crippen molar-refractivity contribution in [3.05, 3.63) is 34.9 Å². The topological polar surface area (TPSA) is 66.8 Å². The van der Waals surface area contributed by atoms with Gasteiger partial charge in [-0.2, -0.15) is 0 Å². The van der Waals surface area contributed by atoms with Crippen LogP contribution in [0.1, 0.15) is 63.5 Å². The number of hydrogen-bond acceptors (Lipinski definition) is 3. The lowest BCUT2D eigenvalue weighted by Crippen LogP contribution is -2.45. The number of ether oxygens (including phenoxy) is 1. The third-order valence-electron chi connectivity index (χ3n) is 5.40. The molecule has 3 atom stereocenters. The van der Waals surface area contributed by atoms with E-state index >= 15 is 0 Å². The molecule has 124 valence electrons. The van der Waals surface area contributed by atoms with E-state index in [2.05, 4.69) is 26.8 Å². The molecule has 3 rings (SSSR count). The monoisotopic (exact) mass is 316 g/mol. The lowest BCUT2D eigenvalue weighted by atomic mass is 9.67. The van der Waals surface area contributed by atoms with E-state index in [1.165, 1.54) is 5.57 Å². The van der Waals surface area contributed by atoms with Crippen LogP contribution < -0.4 is 4.74 Å². The molecule has 0 fully saturated rings. The molecule has 23 heavy (non-hydrogen) atoms. The van der Waals surface area contributed by atoms with E-state index in [0.717, 1.165) is 18.4 Å². The van der Waals surface area contributed by atoms with Crippen molar-refractivity contribution in [2.75, 3.05) is 0 Å². The van der Waals surface area contributed by atoms with Crippen LogP contribution in [0.15, 0.2) is 23.8 Å². The Labute approximate surface area is 136 Å². The van der Waals surface area contributed by atoms with Gasteiger partial charge in [0.25, 0.3) is 0 Å². The average molecular weight is 316 g/mol. The Balaban J connectivity index is 2.12. The quantitative estimate of drug-likeness (QED) is 0.803. The third kappa shape index (κ3) is 2.60. The molecule has 1 aromatic rings. The molecule has 1 heterocycles. The highest BCUT2D eigenvalue weighted by Gasteiger charge is 2.45. The first-order valence-electron chi connectivity index (χ1n) is 8.15. The number of carbonyl (C=O) groups is 1. The summed E-state index contributed by atoms with van der Waals surface area (Å²) in [4.78, 5) is 11.2. The Morgan fingerprint density at radius 2 is 2.09 bits per heavy atom. The van der Waals surface area contributed by atoms with Gasteiger partial charge in [-0.15, -0.1) is 0 Å². The van der Waals surface area contributed by atoms with Gasteiger partial charge in [0.2, 0.25) is 0 Å². The highest BCUT2D eigenvalue weighted by Crippen LogP contribution is 2.54. The van der Waals surface area contributed by atoms with Gasteiger partial charge >= 0.3 is 5.97 Å². The number of rotatable bonds is 2. The normalized spacial score (nSPS) is 26.3. The molecule has 0 spiro atoms. The standard InChI is InChI=1S/C19H24O4/c1-10-5-6-14-13(7-10)17-15(20)8-12(11(2)18(21)22)9-16(17)23-19(14,3)4/h5,8-9,11,13-14,20H,6-7H2,1-4H3,(H,21,22)/t11-,13-,14?/m1/s1. The van der Waals surface area contributed by atoms with Gasteiger partial charge in [0.05, 0.1) is 5.92 Å². The fraction of sp³-hybridized carbons (Fsp3) is 0.526. The molecule has 0 saturated heterocycles. The smallest absolute Gasteiger partial charge is 0.310 e. The molecule has 4 nitrogen and oxygen atoms in total. The van der Waals surface area contributed by atoms with E-state index < -0.39 is 11.9 Å². The van der Waals surface area contributed by atoms with E-state index in [1.54, 1.807) is 19.1 Å². The summed E-state index contributed by atoms with van der Waals surface area (Å²) >= 11 is 0. The SMILES string of the molecule is CC1=CCC2[C@@H](C1)c1c(O)cc([C@@H](C)C(=O)O)cc1OC2(C)C. The van der Waals surface area contributed by atoms with Crippen molar-refractivity contribution in [1.29, 1.82) is 0 Å². The molecule has 0 amide bonds. The van der Waals surface area contributed by atoms with Gasteiger partial charge in [-0.3, -0.25) is 4.79 Å². The van der Waals surface area contributed by atoms with Gasteiger partial charge in [-0.05, 0) is 58.2 Å². The second kappa shape index (κ2) is 5.29. The Hall–Kier alpha value is -1.97. The van der Waals surface area contributed by atoms with Crippen molar-refractivity contribution in [3.63, 3.8) is 0 Å². The van der Waals surface area contributed by atoms with Crippen molar-refractivity contribution in [3.8, 4) is 11.5 Å². The number of allylic oxidation sites excluding steroid dienone is 2. The number of aliphatic carboxylic acids is 1. The van der Waals surface area contributed by atoms with Crippen LogP contribution in [0.4, 0.5) is 0 Å². The summed E-state index contributed by atoms with van der Waals surface area (Å²) in [6.45, 7) is 7.89. The number of carboxylic acids is 1. The minimum Gasteiger partial charge on any atom is -0.508 e. The van der Waals surface area contributed by atoms with Gasteiger partial charge in [-0.25, -0.2) is 0 Å². The molecule has 2 N–H and O–H groups in total. The highest BCUT2D eigenvalue weighted by molar-refractivity contribution is 5.76. The summed E-state index contributed by atoms with van der Waals surface area (Å²) < 4.78 is 6.19. The van der Waals surface area contributed by atoms with Crippen molar-refractivity contribution in [1.82, 2.24) is 0 Å². The van der Waals surface area contributed by atoms with Gasteiger partial charge in [0.1, 0.15) is 17.1 Å². The van der Waals surface area contributed by atoms with Crippen LogP contribution in [-0.4, -0.2) is 21.8 Å². The lowest BCUT2D eigenvalue weighted by molar-refractivity contribution is -0.138. The summed E-state index contributed by atoms with van der Waals surface area (Å²) in [5.41, 5.74) is 2.40. The number of hydrogen-bond donors (Lipinski definition) is 2. The first-order chi connectivity index (χ1) is 10.7. The summed E-state index contributed by atoms with van der Waals surface area (Å²) in [6, 6.07) is 3.38. The Morgan fingerprint density at radius 1 is 1.39 bits per heavy atom. The molecule has 1 aliphatic carbocycles. The lowest BCUT2D eigenvalue weighted by Gasteiger charge is -2.47. The first kappa shape index (κ1) is 15.9. The van der Waals surface area contributed by atoms with Crippen LogP contribution in [0, 0.1) is 5.92 Å². The van der Waals surface area contributed by atoms with E-state index in [4.69, 9.17) is 4.74 Å². The molecule has 2 aliphatic rings. The zero-order chi connectivity index (χ0) is 16.9. The van der Waals surface area contributed by atoms with Crippen LogP contribution in [0.2, 0.25) is 0 Å². The molecular formula is C19H24O4. The molecule has 1 unspecified atom stereocenters. The van der Waals surface area contributed by atoms with Gasteiger partial charge < -0.3 is 14.9 Å². The van der Waals surface area contributed by atoms with E-state index in [0.29, 0.717) is 17.2 Å². The minimum atomic E-state index is -0.909. The second-order valence-electron chi connectivity index (χ2n) is 7.42. The number of carboxylic acid groups (broad SMARTS) is 1. The van der Waals surface area contributed by atoms with E-state index in [9.17, 15) is 15.0 Å². The van der Waals surface area contributed by atoms with E-state index in [1.807, 2.05) is 0 Å². The van der Waals surface area contributed by atoms with Crippen molar-refractivity contribution < 1.29 is 19.7 Å². The predicted octanol–water partition coefficient (Wildman–Crippen LogP) is 4.19. The van der Waals surface area contributed by atoms with Gasteiger partial charge in [-0.1, -0.05) is 11.6 Å². The third-order valence-corrected chi connectivity index (χ3v) is 5.40. The summed E-state index contributed by atoms with van der Waals surface area (Å²) in [6.07, 6.45) is 4.11. The molecule has 0 bridgehead atoms. The highest BCUT2D eigenvalue weighted by atomic mass is 16.5. The molecule has 1 aliphatic heterocycles. The van der Waals surface area contributed by atoms with Crippen LogP contribution in [0.25, 0.3) is 0 Å². The summed E-state index contributed by atoms with van der Waals surface area (Å²) in [5, 5.41) is 19.8. The number of fused-ring (bicyclic) bond motifs is 3. The molecule has 0 saturated carbocycles. The molecule has 1 aromatic carbocycles. The van der Waals surface area contributed by atoms with Gasteiger partial charge in [0, 0.05) is 17.4 Å². The average Bonchev–Trinajstić information content (AvgIpc) is 2.44. The van der Waals surface area contributed by atoms with Gasteiger partial charge in [0.15, 0.2) is 0 Å². The number of aromatic hydroxyl groups is 1. The number of phenols is 1. The second-order valence-corrected chi connectivity index (χ2v) is 7.42. The zero-order valence-corrected chi connectivity index (χ0v) is 14.1. The maximum absolute atomic E-state index is 11.2. The maximum Gasteiger partial charge on any atom is 0.310 e. The number of phenolic OH excluding ortho intramolecular Hbond substituents is 1. The molecular weight excluding hydrogens is 292 g/mol. The van der Waals surface area contributed by atoms with Crippen LogP contribution in [0.5, 0.6) is 11.5 Å². The predicted molar refractivity (Wildman–Crippen MR) is 88.1 cm³/mol. The largest absolute Gasteiger partial charge is 0.508 e. The first-order valence-corrected chi connectivity index (χ1v) is 8.15. The van der Waals surface area contributed by atoms with Crippen LogP contribution in [-0.2, 0) is 4.79 Å². The Morgan fingerprint density at radius 3 is 2.74 bits per heavy atom. The van der Waals surface area contributed by atoms with E-state index in [-0.39, 0.29) is 17.3 Å². The molecule has 4 heteroatoms. The maximum atomic E-state index is 11.2. The number of benzene rings is 1. The van der Waals surface area contributed by atoms with Crippen molar-refractivity contribution >= 4 is 5.97 Å². The van der Waals surface area contributed by atoms with Crippen molar-refractivity contribution in [2.45, 2.75) is 58.0 Å². The molecule has 0 aromatic heterocycles. The fourth-order valence-corrected chi connectivity index (χ4v) is 3.98. The Kier molecular flexibility index (Phi) is 3.66. The minimum absolute atomic E-state index is 0.158. The van der Waals surface area contributed by atoms with Crippen molar-refractivity contribution in [2.24, 2.45) is 5.92 Å². The zero-order valence-electron chi connectivity index (χ0n) is 14.1. The fourth-order valence-electron chi connectivity index (χ4n) is 3.98. The van der Waals surface area contributed by atoms with Crippen LogP contribution in [0.3, 0.4) is 0 Å².